The summed E-state index contributed by atoms with van der Waals surface area (Å²) in [4.78, 5) is 11.5. The van der Waals surface area contributed by atoms with Gasteiger partial charge in [0, 0.05) is 19.5 Å². The molecule has 0 aliphatic rings. The van der Waals surface area contributed by atoms with Crippen LogP contribution in [0.3, 0.4) is 0 Å². The minimum Gasteiger partial charge on any atom is -0.355 e. The van der Waals surface area contributed by atoms with E-state index in [1.165, 1.54) is 6.42 Å². The fraction of sp³-hybridized carbons (Fsp3) is 0.938. The van der Waals surface area contributed by atoms with Crippen LogP contribution in [0.1, 0.15) is 59.8 Å². The lowest BCUT2D eigenvalue weighted by Gasteiger charge is -2.10. The van der Waals surface area contributed by atoms with Crippen LogP contribution in [0.25, 0.3) is 0 Å². The number of hydrogen-bond donors (Lipinski definition) is 3. The molecule has 0 saturated heterocycles. The molecule has 1 atom stereocenters. The molecule has 1 amide bonds. The van der Waals surface area contributed by atoms with E-state index in [2.05, 4.69) is 29.8 Å². The number of amides is 1. The molecule has 4 heteroatoms. The van der Waals surface area contributed by atoms with Crippen molar-refractivity contribution in [3.05, 3.63) is 0 Å². The first-order valence-electron chi connectivity index (χ1n) is 8.32. The molecule has 0 aliphatic carbocycles. The molecule has 0 spiro atoms. The van der Waals surface area contributed by atoms with Crippen LogP contribution in [0.15, 0.2) is 0 Å². The largest absolute Gasteiger partial charge is 0.355 e. The summed E-state index contributed by atoms with van der Waals surface area (Å²) in [7, 11) is 1.96. The number of rotatable bonds is 12. The van der Waals surface area contributed by atoms with Gasteiger partial charge in [-0.15, -0.1) is 0 Å². The monoisotopic (exact) mass is 287 g/mol. The molecule has 4 nitrogen and oxygen atoms in total. The number of hydrogen-bond acceptors (Lipinski definition) is 3. The Morgan fingerprint density at radius 1 is 1.05 bits per heavy atom. The van der Waals surface area contributed by atoms with Crippen molar-refractivity contribution in [2.45, 2.75) is 59.8 Å². The van der Waals surface area contributed by atoms with Gasteiger partial charge in [-0.1, -0.05) is 40.5 Å². The van der Waals surface area contributed by atoms with Gasteiger partial charge >= 0.3 is 0 Å². The van der Waals surface area contributed by atoms with Crippen molar-refractivity contribution >= 4 is 5.91 Å². The third-order valence-corrected chi connectivity index (χ3v) is 3.14. The minimum absolute atomic E-state index is 0.185. The highest BCUT2D eigenvalue weighted by Crippen LogP contribution is 1.98. The van der Waals surface area contributed by atoms with E-state index < -0.39 is 0 Å². The van der Waals surface area contributed by atoms with Gasteiger partial charge < -0.3 is 16.0 Å². The zero-order valence-electron chi connectivity index (χ0n) is 14.3. The Hall–Kier alpha value is -0.610. The average molecular weight is 287 g/mol. The molecular weight excluding hydrogens is 250 g/mol. The van der Waals surface area contributed by atoms with E-state index in [-0.39, 0.29) is 5.91 Å². The summed E-state index contributed by atoms with van der Waals surface area (Å²) in [6, 6.07) is 0. The van der Waals surface area contributed by atoms with Gasteiger partial charge in [0.2, 0.25) is 5.91 Å². The maximum Gasteiger partial charge on any atom is 0.220 e. The second-order valence-corrected chi connectivity index (χ2v) is 4.98. The third-order valence-electron chi connectivity index (χ3n) is 3.14. The highest BCUT2D eigenvalue weighted by atomic mass is 16.1. The van der Waals surface area contributed by atoms with Crippen molar-refractivity contribution in [2.75, 3.05) is 33.2 Å². The van der Waals surface area contributed by atoms with Crippen molar-refractivity contribution in [3.8, 4) is 0 Å². The summed E-state index contributed by atoms with van der Waals surface area (Å²) in [5.74, 6) is 0.901. The van der Waals surface area contributed by atoms with Crippen molar-refractivity contribution in [1.82, 2.24) is 16.0 Å². The zero-order chi connectivity index (χ0) is 15.6. The van der Waals surface area contributed by atoms with Crippen LogP contribution in [0.2, 0.25) is 0 Å². The Morgan fingerprint density at radius 2 is 1.75 bits per heavy atom. The highest BCUT2D eigenvalue weighted by Gasteiger charge is 2.00. The number of carbonyl (C=O) groups excluding carboxylic acids is 1. The van der Waals surface area contributed by atoms with Gasteiger partial charge in [-0.2, -0.15) is 0 Å². The van der Waals surface area contributed by atoms with E-state index in [4.69, 9.17) is 0 Å². The van der Waals surface area contributed by atoms with Gasteiger partial charge in [0.05, 0.1) is 0 Å². The maximum absolute atomic E-state index is 11.5. The zero-order valence-corrected chi connectivity index (χ0v) is 14.3. The van der Waals surface area contributed by atoms with Crippen LogP contribution >= 0.6 is 0 Å². The summed E-state index contributed by atoms with van der Waals surface area (Å²) in [6.45, 7) is 12.1. The fourth-order valence-corrected chi connectivity index (χ4v) is 1.64. The van der Waals surface area contributed by atoms with E-state index in [1.54, 1.807) is 0 Å². The first kappa shape index (κ1) is 21.7. The standard InChI is InChI=1S/C14H31N3O.C2H6/c1-4-13(2)12-16-10-11-17-14(18)8-6-5-7-9-15-3;1-2/h13,15-16H,4-12H2,1-3H3,(H,17,18);1-2H3. The molecule has 0 aromatic heterocycles. The normalized spacial score (nSPS) is 11.4. The minimum atomic E-state index is 0.185. The van der Waals surface area contributed by atoms with Crippen LogP contribution in [0.5, 0.6) is 0 Å². The average Bonchev–Trinajstić information content (AvgIpc) is 2.48. The first-order chi connectivity index (χ1) is 9.70. The summed E-state index contributed by atoms with van der Waals surface area (Å²) in [5, 5.41) is 9.41. The van der Waals surface area contributed by atoms with Crippen LogP contribution in [-0.4, -0.2) is 39.1 Å². The maximum atomic E-state index is 11.5. The van der Waals surface area contributed by atoms with Gasteiger partial charge in [0.25, 0.3) is 0 Å². The molecule has 1 unspecified atom stereocenters. The summed E-state index contributed by atoms with van der Waals surface area (Å²) in [5.41, 5.74) is 0. The molecule has 0 rings (SSSR count). The molecule has 0 bridgehead atoms. The molecule has 0 radical (unpaired) electrons. The SMILES string of the molecule is CC.CCC(C)CNCCNC(=O)CCCCCNC. The predicted octanol–water partition coefficient (Wildman–Crippen LogP) is 2.54. The number of nitrogens with one attached hydrogen (secondary N) is 3. The van der Waals surface area contributed by atoms with E-state index in [1.807, 2.05) is 20.9 Å². The number of carbonyl (C=O) groups is 1. The van der Waals surface area contributed by atoms with Gasteiger partial charge in [-0.25, -0.2) is 0 Å². The summed E-state index contributed by atoms with van der Waals surface area (Å²) >= 11 is 0. The molecule has 0 aromatic carbocycles. The van der Waals surface area contributed by atoms with Gasteiger partial charge in [-0.3, -0.25) is 4.79 Å². The van der Waals surface area contributed by atoms with Crippen molar-refractivity contribution < 1.29 is 4.79 Å². The Labute approximate surface area is 126 Å². The van der Waals surface area contributed by atoms with E-state index in [0.717, 1.165) is 45.4 Å². The molecule has 0 fully saturated rings. The lowest BCUT2D eigenvalue weighted by Crippen LogP contribution is -2.33. The third kappa shape index (κ3) is 17.4. The molecule has 0 saturated carbocycles. The lowest BCUT2D eigenvalue weighted by molar-refractivity contribution is -0.121. The smallest absolute Gasteiger partial charge is 0.220 e. The fourth-order valence-electron chi connectivity index (χ4n) is 1.64. The summed E-state index contributed by atoms with van der Waals surface area (Å²) < 4.78 is 0. The van der Waals surface area contributed by atoms with E-state index in [0.29, 0.717) is 12.3 Å². The van der Waals surface area contributed by atoms with Gasteiger partial charge in [0.15, 0.2) is 0 Å². The Balaban J connectivity index is 0. The Kier molecular flexibility index (Phi) is 19.9. The second-order valence-electron chi connectivity index (χ2n) is 4.98. The molecule has 0 aliphatic heterocycles. The quantitative estimate of drug-likeness (QED) is 0.484. The number of unbranched alkanes of at least 4 members (excludes halogenated alkanes) is 2. The van der Waals surface area contributed by atoms with Crippen LogP contribution < -0.4 is 16.0 Å². The highest BCUT2D eigenvalue weighted by molar-refractivity contribution is 5.75. The molecule has 122 valence electrons. The van der Waals surface area contributed by atoms with Crippen LogP contribution in [0.4, 0.5) is 0 Å². The van der Waals surface area contributed by atoms with E-state index in [9.17, 15) is 4.79 Å². The van der Waals surface area contributed by atoms with Crippen LogP contribution in [-0.2, 0) is 4.79 Å². The Morgan fingerprint density at radius 3 is 2.35 bits per heavy atom. The molecule has 0 aromatic rings. The summed E-state index contributed by atoms with van der Waals surface area (Å²) in [6.07, 6.45) is 5.13. The van der Waals surface area contributed by atoms with Crippen molar-refractivity contribution in [2.24, 2.45) is 5.92 Å². The lowest BCUT2D eigenvalue weighted by atomic mass is 10.1. The van der Waals surface area contributed by atoms with Crippen molar-refractivity contribution in [3.63, 3.8) is 0 Å². The van der Waals surface area contributed by atoms with Gasteiger partial charge in [0.1, 0.15) is 0 Å². The molecule has 0 heterocycles. The van der Waals surface area contributed by atoms with E-state index >= 15 is 0 Å². The molecular formula is C16H37N3O. The Bertz CT molecular complexity index is 198. The molecule has 3 N–H and O–H groups in total. The second kappa shape index (κ2) is 18.4. The topological polar surface area (TPSA) is 53.2 Å². The first-order valence-corrected chi connectivity index (χ1v) is 8.32. The predicted molar refractivity (Wildman–Crippen MR) is 89.1 cm³/mol. The molecule has 20 heavy (non-hydrogen) atoms. The van der Waals surface area contributed by atoms with Gasteiger partial charge in [-0.05, 0) is 38.9 Å². The van der Waals surface area contributed by atoms with Crippen LogP contribution in [0, 0.1) is 5.92 Å². The van der Waals surface area contributed by atoms with Crippen molar-refractivity contribution in [1.29, 1.82) is 0 Å².